The molecule has 0 aromatic heterocycles. The second-order valence-corrected chi connectivity index (χ2v) is 49.9. The summed E-state index contributed by atoms with van der Waals surface area (Å²) in [5.74, 6) is 0. The van der Waals surface area contributed by atoms with Crippen LogP contribution in [0.15, 0.2) is 0 Å². The first kappa shape index (κ1) is 38.3. The van der Waals surface area contributed by atoms with Gasteiger partial charge < -0.3 is 0 Å². The Morgan fingerprint density at radius 1 is 0.417 bits per heavy atom. The van der Waals surface area contributed by atoms with Crippen molar-refractivity contribution >= 4 is 56.5 Å². The Labute approximate surface area is 308 Å². The van der Waals surface area contributed by atoms with Gasteiger partial charge in [0, 0.05) is 0 Å². The normalized spacial score (nSPS) is 13.5. The van der Waals surface area contributed by atoms with E-state index in [4.69, 9.17) is 56.5 Å². The average molecular weight is 603 g/mol. The first-order valence-electron chi connectivity index (χ1n) is 0.717. The van der Waals surface area contributed by atoms with Gasteiger partial charge in [0.2, 0.25) is 0 Å². The Kier molecular flexibility index (Phi) is 44.6. The number of hydrogen-bond acceptors (Lipinski definition) is 0. The van der Waals surface area contributed by atoms with Crippen molar-refractivity contribution in [3.8, 4) is 0 Å². The maximum Gasteiger partial charge on any atom is 1.00 e. The minimum absolute atomic E-state index is 0. The van der Waals surface area contributed by atoms with Crippen molar-refractivity contribution in [2.75, 3.05) is 0 Å². The summed E-state index contributed by atoms with van der Waals surface area (Å²) < 4.78 is 0. The molecule has 0 aliphatic rings. The maximum atomic E-state index is 5.05. The molecule has 0 aliphatic carbocycles. The Bertz CT molecular complexity index is 74.5. The summed E-state index contributed by atoms with van der Waals surface area (Å²) in [6, 6.07) is 0. The SMILES string of the molecule is [Cl][Pt-5]([Cl])([Cl])([Cl])([Cl])[Cl].[K+].[K+].[K+].[K+].[K+]. The predicted molar refractivity (Wildman–Crippen MR) is 35.1 cm³/mol. The molecule has 0 aromatic carbocycles. The van der Waals surface area contributed by atoms with Gasteiger partial charge in [0.25, 0.3) is 0 Å². The van der Waals surface area contributed by atoms with Crippen molar-refractivity contribution in [3.63, 3.8) is 0 Å². The van der Waals surface area contributed by atoms with E-state index in [0.717, 1.165) is 0 Å². The molecule has 0 bridgehead atoms. The summed E-state index contributed by atoms with van der Waals surface area (Å²) in [5.41, 5.74) is 0. The Morgan fingerprint density at radius 2 is 0.417 bits per heavy atom. The second-order valence-electron chi connectivity index (χ2n) is 0.678. The second kappa shape index (κ2) is 14.0. The van der Waals surface area contributed by atoms with Crippen molar-refractivity contribution in [1.29, 1.82) is 0 Å². The van der Waals surface area contributed by atoms with E-state index in [9.17, 15) is 0 Å². The molecule has 0 fully saturated rings. The smallest absolute Gasteiger partial charge is 1.00 e. The molecule has 0 unspecified atom stereocenters. The molecular formula is Cl6K5Pt. The van der Waals surface area contributed by atoms with Crippen LogP contribution in [-0.2, 0) is 7.31 Å². The Balaban J connectivity index is -0.0000000180. The molecule has 0 N–H and O–H groups in total. The fourth-order valence-corrected chi connectivity index (χ4v) is 0. The van der Waals surface area contributed by atoms with E-state index in [1.807, 2.05) is 0 Å². The van der Waals surface area contributed by atoms with Gasteiger partial charge in [-0.1, -0.05) is 0 Å². The third kappa shape index (κ3) is 70.4. The fraction of sp³-hybridized carbons (Fsp3) is 0. The molecule has 12 heteroatoms. The zero-order valence-corrected chi connectivity index (χ0v) is 30.0. The molecular weight excluding hydrogens is 603 g/mol. The number of rotatable bonds is 0. The van der Waals surface area contributed by atoms with Crippen LogP contribution in [0.3, 0.4) is 0 Å². The van der Waals surface area contributed by atoms with Crippen LogP contribution in [0.4, 0.5) is 0 Å². The van der Waals surface area contributed by atoms with Crippen LogP contribution in [0, 0.1) is 0 Å². The van der Waals surface area contributed by atoms with E-state index in [1.54, 1.807) is 0 Å². The van der Waals surface area contributed by atoms with Crippen molar-refractivity contribution < 1.29 is 264 Å². The van der Waals surface area contributed by atoms with E-state index in [1.165, 1.54) is 0 Å². The van der Waals surface area contributed by atoms with Gasteiger partial charge in [-0.3, -0.25) is 0 Å². The van der Waals surface area contributed by atoms with Gasteiger partial charge in [-0.2, -0.15) is 0 Å². The third-order valence-electron chi connectivity index (χ3n) is 0. The van der Waals surface area contributed by atoms with E-state index < -0.39 is 7.31 Å². The van der Waals surface area contributed by atoms with Gasteiger partial charge in [0.1, 0.15) is 0 Å². The summed E-state index contributed by atoms with van der Waals surface area (Å²) in [5, 5.41) is 0. The van der Waals surface area contributed by atoms with E-state index in [0.29, 0.717) is 0 Å². The summed E-state index contributed by atoms with van der Waals surface area (Å²) >= 11 is 0. The largest absolute Gasteiger partial charge is 1.00 e. The zero-order chi connectivity index (χ0) is 6.41. The van der Waals surface area contributed by atoms with E-state index >= 15 is 0 Å². The van der Waals surface area contributed by atoms with E-state index in [-0.39, 0.29) is 257 Å². The molecule has 0 atom stereocenters. The molecule has 0 aliphatic heterocycles. The van der Waals surface area contributed by atoms with Gasteiger partial charge in [0.05, 0.1) is 0 Å². The average Bonchev–Trinajstić information content (AvgIpc) is 0.592. The summed E-state index contributed by atoms with van der Waals surface area (Å²) in [4.78, 5) is 0. The molecule has 0 saturated carbocycles. The molecule has 0 rings (SSSR count). The zero-order valence-electron chi connectivity index (χ0n) is 7.58. The number of halogens is 6. The predicted octanol–water partition coefficient (Wildman–Crippen LogP) is -10.8. The number of hydrogen-bond donors (Lipinski definition) is 0. The van der Waals surface area contributed by atoms with Crippen LogP contribution in [0.5, 0.6) is 0 Å². The minimum Gasteiger partial charge on any atom is 1.00 e. The monoisotopic (exact) mass is 600 g/mol. The van der Waals surface area contributed by atoms with Gasteiger partial charge in [0.15, 0.2) is 0 Å². The molecule has 0 aromatic rings. The standard InChI is InChI=1S/6ClH.5K.Pt/h6*1H;;;;;;/q;;;;;;6*+1/p-6. The minimum atomic E-state index is -5.29. The third-order valence-corrected chi connectivity index (χ3v) is 0. The van der Waals surface area contributed by atoms with E-state index in [2.05, 4.69) is 0 Å². The van der Waals surface area contributed by atoms with Crippen LogP contribution < -0.4 is 257 Å². The maximum absolute atomic E-state index is 5.29. The Morgan fingerprint density at radius 3 is 0.417 bits per heavy atom. The molecule has 12 heavy (non-hydrogen) atoms. The first-order chi connectivity index (χ1) is 2.45. The van der Waals surface area contributed by atoms with Crippen molar-refractivity contribution in [2.45, 2.75) is 0 Å². The molecule has 0 radical (unpaired) electrons. The molecule has 0 spiro atoms. The van der Waals surface area contributed by atoms with Gasteiger partial charge >= 0.3 is 321 Å². The molecule has 0 amide bonds. The van der Waals surface area contributed by atoms with Gasteiger partial charge in [-0.25, -0.2) is 0 Å². The van der Waals surface area contributed by atoms with Gasteiger partial charge in [-0.05, 0) is 0 Å². The summed E-state index contributed by atoms with van der Waals surface area (Å²) in [7, 11) is 25.0. The van der Waals surface area contributed by atoms with Crippen molar-refractivity contribution in [1.82, 2.24) is 0 Å². The topological polar surface area (TPSA) is 0 Å². The van der Waals surface area contributed by atoms with Crippen LogP contribution in [0.25, 0.3) is 0 Å². The summed E-state index contributed by atoms with van der Waals surface area (Å²) in [6.45, 7) is 0. The van der Waals surface area contributed by atoms with Crippen LogP contribution in [0.2, 0.25) is 0 Å². The molecule has 0 nitrogen and oxygen atoms in total. The Hall–Kier alpha value is 10.6. The van der Waals surface area contributed by atoms with Crippen LogP contribution in [0.1, 0.15) is 0 Å². The fourth-order valence-electron chi connectivity index (χ4n) is 0. The van der Waals surface area contributed by atoms with Crippen molar-refractivity contribution in [2.24, 2.45) is 0 Å². The molecule has 0 heterocycles. The molecule has 0 saturated heterocycles. The molecule has 57 valence electrons. The summed E-state index contributed by atoms with van der Waals surface area (Å²) in [6.07, 6.45) is 0. The van der Waals surface area contributed by atoms with Crippen LogP contribution >= 0.6 is 56.5 Å². The van der Waals surface area contributed by atoms with Gasteiger partial charge in [-0.15, -0.1) is 0 Å². The van der Waals surface area contributed by atoms with Crippen molar-refractivity contribution in [3.05, 3.63) is 0 Å². The van der Waals surface area contributed by atoms with Crippen LogP contribution in [-0.4, -0.2) is 0 Å². The quantitative estimate of drug-likeness (QED) is 0.242. The first-order valence-corrected chi connectivity index (χ1v) is 17.6.